The van der Waals surface area contributed by atoms with Crippen LogP contribution in [0.15, 0.2) is 11.8 Å². The smallest absolute Gasteiger partial charge is 0.157 e. The molecule has 0 spiro atoms. The maximum atomic E-state index is 11.3. The van der Waals surface area contributed by atoms with E-state index in [1.54, 1.807) is 0 Å². The van der Waals surface area contributed by atoms with Gasteiger partial charge < -0.3 is 4.90 Å². The van der Waals surface area contributed by atoms with Crippen LogP contribution in [0.25, 0.3) is 0 Å². The summed E-state index contributed by atoms with van der Waals surface area (Å²) in [5.41, 5.74) is 1.72. The molecule has 0 radical (unpaired) electrons. The number of allylic oxidation sites excluding steroid dienone is 2. The van der Waals surface area contributed by atoms with Crippen LogP contribution in [0.3, 0.4) is 0 Å². The summed E-state index contributed by atoms with van der Waals surface area (Å²) in [7, 11) is 0. The second-order valence-corrected chi connectivity index (χ2v) is 6.58. The fraction of sp³-hybridized carbons (Fsp3) is 0.800. The quantitative estimate of drug-likeness (QED) is 0.694. The molecule has 1 aliphatic heterocycles. The normalized spacial score (nSPS) is 27.0. The third-order valence-corrected chi connectivity index (χ3v) is 4.31. The fourth-order valence-electron chi connectivity index (χ4n) is 3.08. The van der Waals surface area contributed by atoms with Crippen molar-refractivity contribution in [1.82, 2.24) is 4.90 Å². The summed E-state index contributed by atoms with van der Waals surface area (Å²) in [6.45, 7) is 9.34. The summed E-state index contributed by atoms with van der Waals surface area (Å²) in [6, 6.07) is 0. The summed E-state index contributed by atoms with van der Waals surface area (Å²) in [5, 5.41) is 0. The molecule has 1 saturated heterocycles. The van der Waals surface area contributed by atoms with E-state index in [9.17, 15) is 4.79 Å². The molecule has 0 N–H and O–H groups in total. The second-order valence-electron chi connectivity index (χ2n) is 6.58. The van der Waals surface area contributed by atoms with Crippen LogP contribution < -0.4 is 0 Å². The summed E-state index contributed by atoms with van der Waals surface area (Å²) in [5.74, 6) is 1.14. The molecule has 17 heavy (non-hydrogen) atoms. The summed E-state index contributed by atoms with van der Waals surface area (Å²) >= 11 is 0. The molecule has 0 aromatic rings. The van der Waals surface area contributed by atoms with Crippen LogP contribution in [-0.4, -0.2) is 23.8 Å². The molecule has 2 aliphatic rings. The van der Waals surface area contributed by atoms with E-state index in [1.165, 1.54) is 25.0 Å². The molecular weight excluding hydrogens is 210 g/mol. The Morgan fingerprint density at radius 2 is 1.94 bits per heavy atom. The number of carbonyl (C=O) groups excluding carboxylic acids is 1. The zero-order valence-corrected chi connectivity index (χ0v) is 11.5. The molecular formula is C15H25NO. The van der Waals surface area contributed by atoms with Gasteiger partial charge in [-0.15, -0.1) is 0 Å². The molecule has 2 rings (SSSR count). The molecule has 1 aliphatic carbocycles. The number of hydrogen-bond acceptors (Lipinski definition) is 2. The van der Waals surface area contributed by atoms with Gasteiger partial charge in [-0.1, -0.05) is 20.8 Å². The highest BCUT2D eigenvalue weighted by Crippen LogP contribution is 2.35. The number of hydrogen-bond donors (Lipinski definition) is 0. The maximum absolute atomic E-state index is 11.3. The van der Waals surface area contributed by atoms with Gasteiger partial charge >= 0.3 is 0 Å². The molecule has 1 atom stereocenters. The van der Waals surface area contributed by atoms with E-state index in [0.29, 0.717) is 11.2 Å². The van der Waals surface area contributed by atoms with Crippen molar-refractivity contribution in [2.24, 2.45) is 11.3 Å². The first kappa shape index (κ1) is 12.7. The third kappa shape index (κ3) is 3.11. The Kier molecular flexibility index (Phi) is 3.60. The lowest BCUT2D eigenvalue weighted by molar-refractivity contribution is -0.114. The molecule has 1 heterocycles. The molecule has 2 heteroatoms. The minimum Gasteiger partial charge on any atom is -0.375 e. The van der Waals surface area contributed by atoms with Crippen LogP contribution in [0.4, 0.5) is 0 Å². The van der Waals surface area contributed by atoms with Crippen molar-refractivity contribution in [2.75, 3.05) is 13.1 Å². The molecule has 0 amide bonds. The van der Waals surface area contributed by atoms with Gasteiger partial charge in [0.1, 0.15) is 0 Å². The Hall–Kier alpha value is -0.790. The first-order valence-corrected chi connectivity index (χ1v) is 6.95. The van der Waals surface area contributed by atoms with E-state index in [0.717, 1.165) is 31.8 Å². The van der Waals surface area contributed by atoms with Crippen molar-refractivity contribution in [3.8, 4) is 0 Å². The molecule has 0 aromatic heterocycles. The largest absolute Gasteiger partial charge is 0.375 e. The van der Waals surface area contributed by atoms with E-state index < -0.39 is 0 Å². The lowest BCUT2D eigenvalue weighted by Gasteiger charge is -2.30. The van der Waals surface area contributed by atoms with Crippen LogP contribution >= 0.6 is 0 Å². The zero-order valence-electron chi connectivity index (χ0n) is 11.5. The Morgan fingerprint density at radius 1 is 1.18 bits per heavy atom. The predicted octanol–water partition coefficient (Wildman–Crippen LogP) is 3.38. The highest BCUT2D eigenvalue weighted by molar-refractivity contribution is 5.92. The van der Waals surface area contributed by atoms with Crippen LogP contribution in [0.2, 0.25) is 0 Å². The van der Waals surface area contributed by atoms with Crippen molar-refractivity contribution in [2.45, 2.75) is 52.9 Å². The highest BCUT2D eigenvalue weighted by atomic mass is 16.1. The van der Waals surface area contributed by atoms with Crippen LogP contribution in [0.1, 0.15) is 52.9 Å². The van der Waals surface area contributed by atoms with Crippen molar-refractivity contribution in [3.05, 3.63) is 11.8 Å². The first-order chi connectivity index (χ1) is 7.97. The predicted molar refractivity (Wildman–Crippen MR) is 70.7 cm³/mol. The standard InChI is InChI=1S/C15H25NO/c1-15(2,3)12-5-4-9-16(10-8-12)13-6-7-14(17)11-13/h11-12H,4-10H2,1-3H3. The van der Waals surface area contributed by atoms with Crippen molar-refractivity contribution < 1.29 is 4.79 Å². The molecule has 2 nitrogen and oxygen atoms in total. The molecule has 0 aromatic carbocycles. The molecule has 1 unspecified atom stereocenters. The second kappa shape index (κ2) is 4.83. The third-order valence-electron chi connectivity index (χ3n) is 4.31. The van der Waals surface area contributed by atoms with Crippen molar-refractivity contribution >= 4 is 5.78 Å². The Bertz CT molecular complexity index is 324. The van der Waals surface area contributed by atoms with Crippen LogP contribution in [0, 0.1) is 11.3 Å². The highest BCUT2D eigenvalue weighted by Gasteiger charge is 2.28. The Balaban J connectivity index is 1.97. The molecule has 96 valence electrons. The lowest BCUT2D eigenvalue weighted by atomic mass is 9.77. The number of nitrogens with zero attached hydrogens (tertiary/aromatic N) is 1. The molecule has 0 saturated carbocycles. The number of likely N-dealkylation sites (tertiary alicyclic amines) is 1. The average molecular weight is 235 g/mol. The van der Waals surface area contributed by atoms with Gasteiger partial charge in [-0.05, 0) is 37.0 Å². The van der Waals surface area contributed by atoms with E-state index in [2.05, 4.69) is 25.7 Å². The minimum atomic E-state index is 0.316. The first-order valence-electron chi connectivity index (χ1n) is 6.95. The monoisotopic (exact) mass is 235 g/mol. The van der Waals surface area contributed by atoms with E-state index in [-0.39, 0.29) is 0 Å². The Morgan fingerprint density at radius 3 is 2.53 bits per heavy atom. The van der Waals surface area contributed by atoms with Gasteiger partial charge in [-0.3, -0.25) is 4.79 Å². The van der Waals surface area contributed by atoms with Crippen LogP contribution in [0.5, 0.6) is 0 Å². The fourth-order valence-corrected chi connectivity index (χ4v) is 3.08. The van der Waals surface area contributed by atoms with Gasteiger partial charge in [0.15, 0.2) is 5.78 Å². The van der Waals surface area contributed by atoms with Crippen molar-refractivity contribution in [1.29, 1.82) is 0 Å². The van der Waals surface area contributed by atoms with Gasteiger partial charge in [0, 0.05) is 31.3 Å². The maximum Gasteiger partial charge on any atom is 0.157 e. The number of carbonyl (C=O) groups is 1. The SMILES string of the molecule is CC(C)(C)C1CCCN(C2=CC(=O)CC2)CC1. The molecule has 1 fully saturated rings. The average Bonchev–Trinajstić information content (AvgIpc) is 2.53. The summed E-state index contributed by atoms with van der Waals surface area (Å²) in [6.07, 6.45) is 7.45. The van der Waals surface area contributed by atoms with Gasteiger partial charge in [0.25, 0.3) is 0 Å². The number of rotatable bonds is 1. The number of ketones is 1. The van der Waals surface area contributed by atoms with Gasteiger partial charge in [0.2, 0.25) is 0 Å². The van der Waals surface area contributed by atoms with E-state index >= 15 is 0 Å². The van der Waals surface area contributed by atoms with E-state index in [1.807, 2.05) is 6.08 Å². The van der Waals surface area contributed by atoms with Gasteiger partial charge in [0.05, 0.1) is 0 Å². The Labute approximate surface area is 105 Å². The lowest BCUT2D eigenvalue weighted by Crippen LogP contribution is -2.25. The van der Waals surface area contributed by atoms with E-state index in [4.69, 9.17) is 0 Å². The topological polar surface area (TPSA) is 20.3 Å². The van der Waals surface area contributed by atoms with Gasteiger partial charge in [-0.25, -0.2) is 0 Å². The van der Waals surface area contributed by atoms with Gasteiger partial charge in [-0.2, -0.15) is 0 Å². The zero-order chi connectivity index (χ0) is 12.5. The molecule has 0 bridgehead atoms. The van der Waals surface area contributed by atoms with Crippen molar-refractivity contribution in [3.63, 3.8) is 0 Å². The van der Waals surface area contributed by atoms with Crippen LogP contribution in [-0.2, 0) is 4.79 Å². The summed E-state index contributed by atoms with van der Waals surface area (Å²) in [4.78, 5) is 13.8. The minimum absolute atomic E-state index is 0.316. The summed E-state index contributed by atoms with van der Waals surface area (Å²) < 4.78 is 0.